The third-order valence-electron chi connectivity index (χ3n) is 3.28. The first-order valence-electron chi connectivity index (χ1n) is 6.53. The largest absolute Gasteiger partial charge is 0.324 e. The van der Waals surface area contributed by atoms with Crippen molar-refractivity contribution in [2.24, 2.45) is 11.7 Å². The van der Waals surface area contributed by atoms with Crippen LogP contribution in [0.2, 0.25) is 0 Å². The van der Waals surface area contributed by atoms with Gasteiger partial charge >= 0.3 is 0 Å². The van der Waals surface area contributed by atoms with E-state index in [1.54, 1.807) is 6.20 Å². The number of unbranched alkanes of at least 4 members (excludes halogenated alkanes) is 1. The van der Waals surface area contributed by atoms with Crippen LogP contribution < -0.4 is 5.73 Å². The molecule has 0 aromatic carbocycles. The van der Waals surface area contributed by atoms with Gasteiger partial charge in [0, 0.05) is 22.9 Å². The Balaban J connectivity index is 2.54. The molecule has 1 aromatic rings. The van der Waals surface area contributed by atoms with Crippen molar-refractivity contribution < 1.29 is 0 Å². The van der Waals surface area contributed by atoms with Crippen LogP contribution in [0.3, 0.4) is 0 Å². The van der Waals surface area contributed by atoms with E-state index in [4.69, 9.17) is 5.73 Å². The Kier molecular flexibility index (Phi) is 6.75. The second kappa shape index (κ2) is 7.83. The van der Waals surface area contributed by atoms with Crippen LogP contribution >= 0.6 is 15.9 Å². The molecule has 96 valence electrons. The number of aromatic nitrogens is 1. The normalized spacial score (nSPS) is 14.6. The van der Waals surface area contributed by atoms with E-state index < -0.39 is 0 Å². The lowest BCUT2D eigenvalue weighted by atomic mass is 9.90. The summed E-state index contributed by atoms with van der Waals surface area (Å²) in [4.78, 5) is 4.17. The minimum Gasteiger partial charge on any atom is -0.324 e. The highest BCUT2D eigenvalue weighted by Gasteiger charge is 2.13. The van der Waals surface area contributed by atoms with Gasteiger partial charge in [-0.2, -0.15) is 0 Å². The SMILES string of the molecule is CCCCC(CC)CC(N)c1cncc(Br)c1. The lowest BCUT2D eigenvalue weighted by Crippen LogP contribution is -2.15. The molecule has 2 nitrogen and oxygen atoms in total. The Morgan fingerprint density at radius 2 is 2.12 bits per heavy atom. The molecule has 1 heterocycles. The lowest BCUT2D eigenvalue weighted by molar-refractivity contribution is 0.388. The molecule has 0 radical (unpaired) electrons. The van der Waals surface area contributed by atoms with Gasteiger partial charge in [0.1, 0.15) is 0 Å². The van der Waals surface area contributed by atoms with Gasteiger partial charge in [0.05, 0.1) is 0 Å². The average Bonchev–Trinajstić information content (AvgIpc) is 2.34. The van der Waals surface area contributed by atoms with Crippen molar-refractivity contribution in [1.29, 1.82) is 0 Å². The van der Waals surface area contributed by atoms with Gasteiger partial charge in [0.15, 0.2) is 0 Å². The van der Waals surface area contributed by atoms with Crippen molar-refractivity contribution in [3.63, 3.8) is 0 Å². The van der Waals surface area contributed by atoms with Crippen molar-refractivity contribution >= 4 is 15.9 Å². The fourth-order valence-electron chi connectivity index (χ4n) is 2.11. The van der Waals surface area contributed by atoms with Crippen molar-refractivity contribution in [3.05, 3.63) is 28.5 Å². The molecule has 0 aliphatic heterocycles. The molecule has 2 unspecified atom stereocenters. The van der Waals surface area contributed by atoms with Crippen LogP contribution in [0.1, 0.15) is 57.6 Å². The van der Waals surface area contributed by atoms with Crippen molar-refractivity contribution in [2.45, 2.75) is 52.0 Å². The zero-order valence-electron chi connectivity index (χ0n) is 10.8. The Morgan fingerprint density at radius 1 is 1.35 bits per heavy atom. The number of nitrogens with two attached hydrogens (primary N) is 1. The molecule has 0 saturated carbocycles. The van der Waals surface area contributed by atoms with Crippen LogP contribution in [0.25, 0.3) is 0 Å². The maximum absolute atomic E-state index is 6.25. The van der Waals surface area contributed by atoms with E-state index in [1.807, 2.05) is 6.20 Å². The molecule has 1 aromatic heterocycles. The molecular weight excluding hydrogens is 276 g/mol. The molecule has 3 heteroatoms. The molecule has 0 spiro atoms. The monoisotopic (exact) mass is 298 g/mol. The highest BCUT2D eigenvalue weighted by molar-refractivity contribution is 9.10. The van der Waals surface area contributed by atoms with E-state index in [1.165, 1.54) is 25.7 Å². The maximum Gasteiger partial charge on any atom is 0.0410 e. The highest BCUT2D eigenvalue weighted by atomic mass is 79.9. The molecule has 0 amide bonds. The first-order chi connectivity index (χ1) is 8.17. The molecule has 0 aliphatic rings. The van der Waals surface area contributed by atoms with Crippen molar-refractivity contribution in [3.8, 4) is 0 Å². The van der Waals surface area contributed by atoms with Crippen LogP contribution in [0, 0.1) is 5.92 Å². The minimum absolute atomic E-state index is 0.113. The van der Waals surface area contributed by atoms with Gasteiger partial charge in [0.25, 0.3) is 0 Å². The second-order valence-electron chi connectivity index (χ2n) is 4.70. The number of hydrogen-bond donors (Lipinski definition) is 1. The van der Waals surface area contributed by atoms with Crippen LogP contribution in [0.4, 0.5) is 0 Å². The number of pyridine rings is 1. The molecule has 0 aliphatic carbocycles. The van der Waals surface area contributed by atoms with Gasteiger partial charge in [-0.25, -0.2) is 0 Å². The molecular formula is C14H23BrN2. The van der Waals surface area contributed by atoms with Crippen LogP contribution in [0.5, 0.6) is 0 Å². The molecule has 0 bridgehead atoms. The number of nitrogens with zero attached hydrogens (tertiary/aromatic N) is 1. The average molecular weight is 299 g/mol. The first-order valence-corrected chi connectivity index (χ1v) is 7.32. The number of halogens is 1. The fraction of sp³-hybridized carbons (Fsp3) is 0.643. The van der Waals surface area contributed by atoms with Gasteiger partial charge in [0.2, 0.25) is 0 Å². The zero-order chi connectivity index (χ0) is 12.7. The quantitative estimate of drug-likeness (QED) is 0.808. The summed E-state index contributed by atoms with van der Waals surface area (Å²) < 4.78 is 1.01. The Hall–Kier alpha value is -0.410. The minimum atomic E-state index is 0.113. The van der Waals surface area contributed by atoms with Gasteiger partial charge in [-0.15, -0.1) is 0 Å². The van der Waals surface area contributed by atoms with Gasteiger partial charge < -0.3 is 5.73 Å². The van der Waals surface area contributed by atoms with Crippen LogP contribution in [-0.2, 0) is 0 Å². The van der Waals surface area contributed by atoms with E-state index in [0.29, 0.717) is 0 Å². The fourth-order valence-corrected chi connectivity index (χ4v) is 2.49. The second-order valence-corrected chi connectivity index (χ2v) is 5.61. The van der Waals surface area contributed by atoms with E-state index in [-0.39, 0.29) is 6.04 Å². The molecule has 0 fully saturated rings. The summed E-state index contributed by atoms with van der Waals surface area (Å²) >= 11 is 3.44. The first kappa shape index (κ1) is 14.7. The number of rotatable bonds is 7. The van der Waals surface area contributed by atoms with Crippen LogP contribution in [0.15, 0.2) is 22.9 Å². The summed E-state index contributed by atoms with van der Waals surface area (Å²) in [5.41, 5.74) is 7.38. The predicted molar refractivity (Wildman–Crippen MR) is 76.8 cm³/mol. The predicted octanol–water partition coefficient (Wildman–Crippen LogP) is 4.45. The standard InChI is InChI=1S/C14H23BrN2/c1-3-5-6-11(4-2)7-14(16)12-8-13(15)10-17-9-12/h8-11,14H,3-7,16H2,1-2H3. The summed E-state index contributed by atoms with van der Waals surface area (Å²) in [6.07, 6.45) is 9.82. The topological polar surface area (TPSA) is 38.9 Å². The Bertz CT molecular complexity index is 328. The maximum atomic E-state index is 6.25. The highest BCUT2D eigenvalue weighted by Crippen LogP contribution is 2.25. The van der Waals surface area contributed by atoms with E-state index in [9.17, 15) is 0 Å². The summed E-state index contributed by atoms with van der Waals surface area (Å²) in [5.74, 6) is 0.740. The van der Waals surface area contributed by atoms with Gasteiger partial charge in [-0.3, -0.25) is 4.98 Å². The van der Waals surface area contributed by atoms with E-state index in [0.717, 1.165) is 22.4 Å². The molecule has 17 heavy (non-hydrogen) atoms. The lowest BCUT2D eigenvalue weighted by Gasteiger charge is -2.19. The van der Waals surface area contributed by atoms with Crippen LogP contribution in [-0.4, -0.2) is 4.98 Å². The molecule has 2 atom stereocenters. The molecule has 0 saturated heterocycles. The summed E-state index contributed by atoms with van der Waals surface area (Å²) in [6.45, 7) is 4.50. The summed E-state index contributed by atoms with van der Waals surface area (Å²) in [6, 6.07) is 2.19. The smallest absolute Gasteiger partial charge is 0.0410 e. The van der Waals surface area contributed by atoms with Crippen molar-refractivity contribution in [2.75, 3.05) is 0 Å². The van der Waals surface area contributed by atoms with E-state index in [2.05, 4.69) is 40.8 Å². The molecule has 1 rings (SSSR count). The van der Waals surface area contributed by atoms with E-state index >= 15 is 0 Å². The summed E-state index contributed by atoms with van der Waals surface area (Å²) in [5, 5.41) is 0. The summed E-state index contributed by atoms with van der Waals surface area (Å²) in [7, 11) is 0. The van der Waals surface area contributed by atoms with Gasteiger partial charge in [-0.1, -0.05) is 39.5 Å². The third-order valence-corrected chi connectivity index (χ3v) is 3.72. The van der Waals surface area contributed by atoms with Gasteiger partial charge in [-0.05, 0) is 39.9 Å². The van der Waals surface area contributed by atoms with Crippen molar-refractivity contribution in [1.82, 2.24) is 4.98 Å². The molecule has 2 N–H and O–H groups in total. The Labute approximate surface area is 113 Å². The Morgan fingerprint density at radius 3 is 2.71 bits per heavy atom. The number of hydrogen-bond acceptors (Lipinski definition) is 2. The third kappa shape index (κ3) is 5.17. The zero-order valence-corrected chi connectivity index (χ0v) is 12.4.